The first-order chi connectivity index (χ1) is 13.2. The summed E-state index contributed by atoms with van der Waals surface area (Å²) in [5.41, 5.74) is 2.73. The van der Waals surface area contributed by atoms with E-state index in [1.165, 1.54) is 5.56 Å². The number of nitrogens with one attached hydrogen (secondary N) is 2. The molecule has 5 nitrogen and oxygen atoms in total. The molecule has 3 N–H and O–H groups in total. The number of pyridine rings is 1. The number of aryl methyl sites for hydroxylation is 1. The number of urea groups is 1. The lowest BCUT2D eigenvalue weighted by Gasteiger charge is -2.20. The van der Waals surface area contributed by atoms with Crippen molar-refractivity contribution in [3.05, 3.63) is 95.8 Å². The first kappa shape index (κ1) is 18.5. The quantitative estimate of drug-likeness (QED) is 0.596. The molecule has 0 aliphatic rings. The van der Waals surface area contributed by atoms with E-state index in [2.05, 4.69) is 27.8 Å². The summed E-state index contributed by atoms with van der Waals surface area (Å²) in [4.78, 5) is 16.5. The summed E-state index contributed by atoms with van der Waals surface area (Å²) in [6.45, 7) is 0.165. The highest BCUT2D eigenvalue weighted by atomic mass is 16.3. The second-order valence-corrected chi connectivity index (χ2v) is 6.28. The van der Waals surface area contributed by atoms with Crippen molar-refractivity contribution in [3.63, 3.8) is 0 Å². The highest BCUT2D eigenvalue weighted by molar-refractivity contribution is 5.74. The molecule has 1 aromatic heterocycles. The Kier molecular flexibility index (Phi) is 6.41. The molecule has 0 fully saturated rings. The molecule has 1 heterocycles. The molecule has 1 unspecified atom stereocenters. The van der Waals surface area contributed by atoms with E-state index in [0.717, 1.165) is 18.4 Å². The van der Waals surface area contributed by atoms with Crippen LogP contribution in [-0.2, 0) is 13.0 Å². The summed E-state index contributed by atoms with van der Waals surface area (Å²) in [7, 11) is 0. The first-order valence-corrected chi connectivity index (χ1v) is 8.98. The number of amides is 2. The fourth-order valence-corrected chi connectivity index (χ4v) is 2.90. The van der Waals surface area contributed by atoms with Crippen molar-refractivity contribution in [1.29, 1.82) is 0 Å². The molecule has 138 valence electrons. The van der Waals surface area contributed by atoms with Crippen molar-refractivity contribution in [3.8, 4) is 5.75 Å². The topological polar surface area (TPSA) is 74.2 Å². The Morgan fingerprint density at radius 2 is 1.67 bits per heavy atom. The van der Waals surface area contributed by atoms with E-state index in [1.807, 2.05) is 48.5 Å². The third kappa shape index (κ3) is 5.57. The van der Waals surface area contributed by atoms with Gasteiger partial charge in [-0.25, -0.2) is 4.79 Å². The van der Waals surface area contributed by atoms with E-state index in [0.29, 0.717) is 5.69 Å². The Balaban J connectivity index is 1.62. The molecule has 0 bridgehead atoms. The molecule has 0 saturated carbocycles. The maximum Gasteiger partial charge on any atom is 0.315 e. The first-order valence-electron chi connectivity index (χ1n) is 8.98. The maximum atomic E-state index is 12.4. The molecule has 27 heavy (non-hydrogen) atoms. The zero-order chi connectivity index (χ0) is 18.9. The van der Waals surface area contributed by atoms with Gasteiger partial charge in [0, 0.05) is 6.20 Å². The SMILES string of the molecule is O=C(NCc1ncccc1O)NC(CCc1ccccc1)c1ccccc1. The average molecular weight is 361 g/mol. The third-order valence-corrected chi connectivity index (χ3v) is 4.35. The molecule has 0 saturated heterocycles. The molecule has 3 aromatic rings. The van der Waals surface area contributed by atoms with Gasteiger partial charge >= 0.3 is 6.03 Å². The zero-order valence-corrected chi connectivity index (χ0v) is 15.0. The second kappa shape index (κ2) is 9.38. The van der Waals surface area contributed by atoms with Gasteiger partial charge in [-0.2, -0.15) is 0 Å². The van der Waals surface area contributed by atoms with Crippen molar-refractivity contribution < 1.29 is 9.90 Å². The molecule has 2 aromatic carbocycles. The van der Waals surface area contributed by atoms with Crippen molar-refractivity contribution in [2.75, 3.05) is 0 Å². The van der Waals surface area contributed by atoms with Gasteiger partial charge in [-0.05, 0) is 36.1 Å². The van der Waals surface area contributed by atoms with Gasteiger partial charge < -0.3 is 15.7 Å². The number of aromatic nitrogens is 1. The van der Waals surface area contributed by atoms with Crippen LogP contribution in [0.15, 0.2) is 79.0 Å². The van der Waals surface area contributed by atoms with Crippen molar-refractivity contribution in [1.82, 2.24) is 15.6 Å². The monoisotopic (exact) mass is 361 g/mol. The number of carbonyl (C=O) groups is 1. The predicted octanol–water partition coefficient (Wildman–Crippen LogP) is 3.96. The van der Waals surface area contributed by atoms with Crippen LogP contribution in [0.1, 0.15) is 29.3 Å². The van der Waals surface area contributed by atoms with Gasteiger partial charge in [-0.1, -0.05) is 60.7 Å². The van der Waals surface area contributed by atoms with Gasteiger partial charge in [0.25, 0.3) is 0 Å². The summed E-state index contributed by atoms with van der Waals surface area (Å²) in [6.07, 6.45) is 3.24. The smallest absolute Gasteiger partial charge is 0.315 e. The number of rotatable bonds is 7. The van der Waals surface area contributed by atoms with Crippen LogP contribution in [0.2, 0.25) is 0 Å². The molecule has 0 spiro atoms. The summed E-state index contributed by atoms with van der Waals surface area (Å²) in [5, 5.41) is 15.6. The fraction of sp³-hybridized carbons (Fsp3) is 0.182. The number of hydrogen-bond acceptors (Lipinski definition) is 3. The predicted molar refractivity (Wildman–Crippen MR) is 105 cm³/mol. The summed E-state index contributed by atoms with van der Waals surface area (Å²) >= 11 is 0. The van der Waals surface area contributed by atoms with Crippen LogP contribution in [0.3, 0.4) is 0 Å². The summed E-state index contributed by atoms with van der Waals surface area (Å²) in [6, 6.07) is 22.9. The molecule has 5 heteroatoms. The Morgan fingerprint density at radius 3 is 2.37 bits per heavy atom. The van der Waals surface area contributed by atoms with Crippen LogP contribution in [0.25, 0.3) is 0 Å². The molecule has 0 aliphatic carbocycles. The van der Waals surface area contributed by atoms with Gasteiger partial charge in [-0.15, -0.1) is 0 Å². The molecular weight excluding hydrogens is 338 g/mol. The third-order valence-electron chi connectivity index (χ3n) is 4.35. The minimum absolute atomic E-state index is 0.0708. The average Bonchev–Trinajstić information content (AvgIpc) is 2.72. The van der Waals surface area contributed by atoms with Gasteiger partial charge in [0.1, 0.15) is 11.4 Å². The lowest BCUT2D eigenvalue weighted by Crippen LogP contribution is -2.38. The van der Waals surface area contributed by atoms with Crippen molar-refractivity contribution >= 4 is 6.03 Å². The van der Waals surface area contributed by atoms with Gasteiger partial charge in [0.15, 0.2) is 0 Å². The number of benzene rings is 2. The second-order valence-electron chi connectivity index (χ2n) is 6.28. The number of nitrogens with zero attached hydrogens (tertiary/aromatic N) is 1. The van der Waals surface area contributed by atoms with Crippen LogP contribution in [0, 0.1) is 0 Å². The van der Waals surface area contributed by atoms with E-state index in [9.17, 15) is 9.90 Å². The van der Waals surface area contributed by atoms with Crippen LogP contribution in [0.4, 0.5) is 4.79 Å². The number of hydrogen-bond donors (Lipinski definition) is 3. The minimum Gasteiger partial charge on any atom is -0.506 e. The van der Waals surface area contributed by atoms with Gasteiger partial charge in [0.2, 0.25) is 0 Å². The standard InChI is InChI=1S/C22H23N3O2/c26-21-12-7-15-23-20(21)16-24-22(27)25-19(18-10-5-2-6-11-18)14-13-17-8-3-1-4-9-17/h1-12,15,19,26H,13-14,16H2,(H2,24,25,27). The van der Waals surface area contributed by atoms with Crippen LogP contribution in [-0.4, -0.2) is 16.1 Å². The Hall–Kier alpha value is -3.34. The van der Waals surface area contributed by atoms with Crippen LogP contribution in [0.5, 0.6) is 5.75 Å². The maximum absolute atomic E-state index is 12.4. The lowest BCUT2D eigenvalue weighted by molar-refractivity contribution is 0.235. The van der Waals surface area contributed by atoms with Gasteiger partial charge in [0.05, 0.1) is 12.6 Å². The lowest BCUT2D eigenvalue weighted by atomic mass is 9.99. The molecule has 3 rings (SSSR count). The van der Waals surface area contributed by atoms with E-state index < -0.39 is 0 Å². The fourth-order valence-electron chi connectivity index (χ4n) is 2.90. The van der Waals surface area contributed by atoms with Crippen LogP contribution < -0.4 is 10.6 Å². The Morgan fingerprint density at radius 1 is 0.963 bits per heavy atom. The Bertz CT molecular complexity index is 854. The normalized spacial score (nSPS) is 11.6. The highest BCUT2D eigenvalue weighted by Gasteiger charge is 2.15. The van der Waals surface area contributed by atoms with E-state index in [1.54, 1.807) is 18.3 Å². The van der Waals surface area contributed by atoms with E-state index in [4.69, 9.17) is 0 Å². The number of carbonyl (C=O) groups excluding carboxylic acids is 1. The zero-order valence-electron chi connectivity index (χ0n) is 15.0. The highest BCUT2D eigenvalue weighted by Crippen LogP contribution is 2.19. The summed E-state index contributed by atoms with van der Waals surface area (Å²) < 4.78 is 0. The van der Waals surface area contributed by atoms with Crippen molar-refractivity contribution in [2.45, 2.75) is 25.4 Å². The van der Waals surface area contributed by atoms with E-state index in [-0.39, 0.29) is 24.4 Å². The summed E-state index contributed by atoms with van der Waals surface area (Å²) in [5.74, 6) is 0.0708. The molecule has 2 amide bonds. The minimum atomic E-state index is -0.290. The van der Waals surface area contributed by atoms with Gasteiger partial charge in [-0.3, -0.25) is 4.98 Å². The molecule has 1 atom stereocenters. The Labute approximate surface area is 159 Å². The largest absolute Gasteiger partial charge is 0.506 e. The molecule has 0 aliphatic heterocycles. The number of aromatic hydroxyl groups is 1. The van der Waals surface area contributed by atoms with Crippen LogP contribution >= 0.6 is 0 Å². The molecule has 0 radical (unpaired) electrons. The molecular formula is C22H23N3O2. The van der Waals surface area contributed by atoms with Crippen molar-refractivity contribution in [2.24, 2.45) is 0 Å². The van der Waals surface area contributed by atoms with E-state index >= 15 is 0 Å².